The third-order valence-corrected chi connectivity index (χ3v) is 5.18. The van der Waals surface area contributed by atoms with Crippen molar-refractivity contribution in [3.63, 3.8) is 0 Å². The summed E-state index contributed by atoms with van der Waals surface area (Å²) in [7, 11) is 1.70. The van der Waals surface area contributed by atoms with E-state index in [1.807, 2.05) is 12.1 Å². The summed E-state index contributed by atoms with van der Waals surface area (Å²) < 4.78 is 0. The summed E-state index contributed by atoms with van der Waals surface area (Å²) in [6, 6.07) is 7.26. The van der Waals surface area contributed by atoms with E-state index >= 15 is 0 Å². The van der Waals surface area contributed by atoms with Gasteiger partial charge in [-0.3, -0.25) is 9.59 Å². The molecular formula is C23H37ClN2O2. The van der Waals surface area contributed by atoms with Crippen LogP contribution in [-0.2, 0) is 9.59 Å². The SMILES string of the molecule is CNC(=O)CCCCCCCCCCCCCCC(=O)Nc1cccc(Cl)c1. The van der Waals surface area contributed by atoms with Gasteiger partial charge < -0.3 is 10.6 Å². The van der Waals surface area contributed by atoms with Crippen LogP contribution in [-0.4, -0.2) is 18.9 Å². The van der Waals surface area contributed by atoms with Crippen molar-refractivity contribution in [1.82, 2.24) is 5.32 Å². The standard InChI is InChI=1S/C23H37ClN2O2/c1-25-22(27)17-12-10-8-6-4-2-3-5-7-9-11-13-18-23(28)26-21-16-14-15-20(24)19-21/h14-16,19H,2-13,17-18H2,1H3,(H,25,27)(H,26,28). The molecule has 2 amide bonds. The lowest BCUT2D eigenvalue weighted by molar-refractivity contribution is -0.120. The summed E-state index contributed by atoms with van der Waals surface area (Å²) in [6.45, 7) is 0. The number of carbonyl (C=O) groups excluding carboxylic acids is 2. The van der Waals surface area contributed by atoms with Crippen LogP contribution >= 0.6 is 11.6 Å². The highest BCUT2D eigenvalue weighted by molar-refractivity contribution is 6.30. The molecule has 0 aliphatic carbocycles. The molecule has 158 valence electrons. The van der Waals surface area contributed by atoms with E-state index in [2.05, 4.69) is 10.6 Å². The number of unbranched alkanes of at least 4 members (excludes halogenated alkanes) is 11. The van der Waals surface area contributed by atoms with Gasteiger partial charge in [0.1, 0.15) is 0 Å². The molecule has 0 bridgehead atoms. The van der Waals surface area contributed by atoms with Gasteiger partial charge in [-0.1, -0.05) is 81.9 Å². The van der Waals surface area contributed by atoms with Gasteiger partial charge in [0.2, 0.25) is 11.8 Å². The second-order valence-corrected chi connectivity index (χ2v) is 7.91. The van der Waals surface area contributed by atoms with Crippen LogP contribution in [0.4, 0.5) is 5.69 Å². The molecule has 0 aliphatic rings. The Hall–Kier alpha value is -1.55. The molecule has 0 saturated carbocycles. The average molecular weight is 409 g/mol. The van der Waals surface area contributed by atoms with E-state index < -0.39 is 0 Å². The van der Waals surface area contributed by atoms with Crippen LogP contribution in [0, 0.1) is 0 Å². The van der Waals surface area contributed by atoms with Gasteiger partial charge in [-0.15, -0.1) is 0 Å². The van der Waals surface area contributed by atoms with Crippen LogP contribution in [0.1, 0.15) is 89.9 Å². The normalized spacial score (nSPS) is 10.6. The van der Waals surface area contributed by atoms with Gasteiger partial charge in [0.25, 0.3) is 0 Å². The fourth-order valence-electron chi connectivity index (χ4n) is 3.25. The molecule has 0 spiro atoms. The third kappa shape index (κ3) is 13.6. The lowest BCUT2D eigenvalue weighted by Crippen LogP contribution is -2.16. The molecule has 2 N–H and O–H groups in total. The van der Waals surface area contributed by atoms with E-state index in [-0.39, 0.29) is 11.8 Å². The number of carbonyl (C=O) groups is 2. The zero-order chi connectivity index (χ0) is 20.5. The monoisotopic (exact) mass is 408 g/mol. The number of rotatable bonds is 16. The molecule has 5 heteroatoms. The van der Waals surface area contributed by atoms with Crippen LogP contribution in [0.15, 0.2) is 24.3 Å². The van der Waals surface area contributed by atoms with E-state index in [0.717, 1.165) is 31.4 Å². The Kier molecular flexibility index (Phi) is 14.4. The maximum atomic E-state index is 11.9. The molecule has 1 aromatic carbocycles. The number of anilines is 1. The predicted molar refractivity (Wildman–Crippen MR) is 119 cm³/mol. The Balaban J connectivity index is 1.83. The van der Waals surface area contributed by atoms with Gasteiger partial charge in [-0.2, -0.15) is 0 Å². The first-order valence-electron chi connectivity index (χ1n) is 10.9. The number of hydrogen-bond acceptors (Lipinski definition) is 2. The Morgan fingerprint density at radius 2 is 1.21 bits per heavy atom. The molecule has 1 rings (SSSR count). The van der Waals surface area contributed by atoms with Gasteiger partial charge in [0, 0.05) is 30.6 Å². The lowest BCUT2D eigenvalue weighted by Gasteiger charge is -2.06. The van der Waals surface area contributed by atoms with Crippen molar-refractivity contribution in [2.75, 3.05) is 12.4 Å². The molecule has 28 heavy (non-hydrogen) atoms. The summed E-state index contributed by atoms with van der Waals surface area (Å²) in [4.78, 5) is 23.0. The maximum absolute atomic E-state index is 11.9. The van der Waals surface area contributed by atoms with Crippen molar-refractivity contribution in [3.05, 3.63) is 29.3 Å². The highest BCUT2D eigenvalue weighted by atomic mass is 35.5. The van der Waals surface area contributed by atoms with Crippen LogP contribution in [0.2, 0.25) is 5.02 Å². The Bertz CT molecular complexity index is 563. The minimum absolute atomic E-state index is 0.0672. The summed E-state index contributed by atoms with van der Waals surface area (Å²) in [5.41, 5.74) is 0.768. The second-order valence-electron chi connectivity index (χ2n) is 7.47. The van der Waals surface area contributed by atoms with Crippen molar-refractivity contribution < 1.29 is 9.59 Å². The highest BCUT2D eigenvalue weighted by Crippen LogP contribution is 2.16. The predicted octanol–water partition coefficient (Wildman–Crippen LogP) is 6.49. The van der Waals surface area contributed by atoms with E-state index in [9.17, 15) is 9.59 Å². The highest BCUT2D eigenvalue weighted by Gasteiger charge is 2.03. The van der Waals surface area contributed by atoms with Gasteiger partial charge in [0.05, 0.1) is 0 Å². The van der Waals surface area contributed by atoms with Crippen molar-refractivity contribution in [2.24, 2.45) is 0 Å². The second kappa shape index (κ2) is 16.4. The Morgan fingerprint density at radius 3 is 1.68 bits per heavy atom. The van der Waals surface area contributed by atoms with Crippen LogP contribution in [0.25, 0.3) is 0 Å². The van der Waals surface area contributed by atoms with Crippen molar-refractivity contribution in [2.45, 2.75) is 89.9 Å². The van der Waals surface area contributed by atoms with Crippen molar-refractivity contribution in [3.8, 4) is 0 Å². The minimum Gasteiger partial charge on any atom is -0.359 e. The number of nitrogens with one attached hydrogen (secondary N) is 2. The molecular weight excluding hydrogens is 372 g/mol. The van der Waals surface area contributed by atoms with Gasteiger partial charge in [-0.25, -0.2) is 0 Å². The Labute approximate surface area is 175 Å². The topological polar surface area (TPSA) is 58.2 Å². The number of benzene rings is 1. The van der Waals surface area contributed by atoms with Crippen LogP contribution in [0.3, 0.4) is 0 Å². The molecule has 4 nitrogen and oxygen atoms in total. The largest absolute Gasteiger partial charge is 0.359 e. The van der Waals surface area contributed by atoms with E-state index in [0.29, 0.717) is 17.9 Å². The first kappa shape index (κ1) is 24.5. The Morgan fingerprint density at radius 1 is 0.750 bits per heavy atom. The maximum Gasteiger partial charge on any atom is 0.224 e. The summed E-state index contributed by atoms with van der Waals surface area (Å²) >= 11 is 5.91. The molecule has 0 aliphatic heterocycles. The first-order valence-corrected chi connectivity index (χ1v) is 11.3. The fourth-order valence-corrected chi connectivity index (χ4v) is 3.44. The fraction of sp³-hybridized carbons (Fsp3) is 0.652. The van der Waals surface area contributed by atoms with Crippen LogP contribution in [0.5, 0.6) is 0 Å². The smallest absolute Gasteiger partial charge is 0.224 e. The summed E-state index contributed by atoms with van der Waals surface area (Å²) in [5, 5.41) is 6.19. The summed E-state index contributed by atoms with van der Waals surface area (Å²) in [6.07, 6.45) is 15.7. The van der Waals surface area contributed by atoms with E-state index in [4.69, 9.17) is 11.6 Å². The third-order valence-electron chi connectivity index (χ3n) is 4.94. The molecule has 0 fully saturated rings. The lowest BCUT2D eigenvalue weighted by atomic mass is 10.0. The number of hydrogen-bond donors (Lipinski definition) is 2. The van der Waals surface area contributed by atoms with Crippen molar-refractivity contribution >= 4 is 29.1 Å². The summed E-state index contributed by atoms with van der Waals surface area (Å²) in [5.74, 6) is 0.222. The molecule has 0 saturated heterocycles. The molecule has 0 radical (unpaired) electrons. The van der Waals surface area contributed by atoms with Gasteiger partial charge >= 0.3 is 0 Å². The molecule has 1 aromatic rings. The van der Waals surface area contributed by atoms with E-state index in [1.54, 1.807) is 19.2 Å². The zero-order valence-electron chi connectivity index (χ0n) is 17.4. The number of amides is 2. The zero-order valence-corrected chi connectivity index (χ0v) is 18.2. The molecule has 0 aromatic heterocycles. The molecule has 0 heterocycles. The molecule has 0 atom stereocenters. The first-order chi connectivity index (χ1) is 13.6. The molecule has 0 unspecified atom stereocenters. The van der Waals surface area contributed by atoms with E-state index in [1.165, 1.54) is 51.4 Å². The van der Waals surface area contributed by atoms with Crippen LogP contribution < -0.4 is 10.6 Å². The quantitative estimate of drug-likeness (QED) is 0.307. The average Bonchev–Trinajstić information content (AvgIpc) is 2.68. The minimum atomic E-state index is 0.0672. The van der Waals surface area contributed by atoms with Crippen molar-refractivity contribution in [1.29, 1.82) is 0 Å². The van der Waals surface area contributed by atoms with Gasteiger partial charge in [0.15, 0.2) is 0 Å². The van der Waals surface area contributed by atoms with Gasteiger partial charge in [-0.05, 0) is 31.0 Å². The number of halogens is 1.